The molecule has 2 aromatic carbocycles. The number of nitrogens with zero attached hydrogens (tertiary/aromatic N) is 1. The number of amides is 1. The van der Waals surface area contributed by atoms with Crippen molar-refractivity contribution in [3.63, 3.8) is 0 Å². The summed E-state index contributed by atoms with van der Waals surface area (Å²) in [6.07, 6.45) is 2.31. The molecule has 0 radical (unpaired) electrons. The fraction of sp³-hybridized carbons (Fsp3) is 0.158. The molecule has 3 aromatic rings. The van der Waals surface area contributed by atoms with Gasteiger partial charge in [-0.05, 0) is 42.3 Å². The van der Waals surface area contributed by atoms with Gasteiger partial charge < -0.3 is 9.73 Å². The standard InChI is InChI=1S/C19H17ClN2O3/c1-2-11-22-16-12-14(5-8-17(16)25-19(22)24)18(23)21-10-9-13-3-6-15(20)7-4-13/h2-8,12H,1,9-11H2,(H,21,23). The zero-order chi connectivity index (χ0) is 17.8. The smallest absolute Gasteiger partial charge is 0.408 e. The van der Waals surface area contributed by atoms with Gasteiger partial charge in [0.1, 0.15) is 0 Å². The van der Waals surface area contributed by atoms with E-state index in [1.165, 1.54) is 4.57 Å². The number of nitrogens with one attached hydrogen (secondary N) is 1. The molecule has 1 aromatic heterocycles. The minimum absolute atomic E-state index is 0.199. The largest absolute Gasteiger partial charge is 0.420 e. The maximum atomic E-state index is 12.3. The van der Waals surface area contributed by atoms with Gasteiger partial charge >= 0.3 is 5.76 Å². The molecule has 1 amide bonds. The Morgan fingerprint density at radius 3 is 2.72 bits per heavy atom. The molecular weight excluding hydrogens is 340 g/mol. The lowest BCUT2D eigenvalue weighted by molar-refractivity contribution is 0.0954. The Balaban J connectivity index is 1.71. The fourth-order valence-corrected chi connectivity index (χ4v) is 2.70. The molecule has 0 aliphatic heterocycles. The summed E-state index contributed by atoms with van der Waals surface area (Å²) in [4.78, 5) is 24.1. The number of aromatic nitrogens is 1. The van der Waals surface area contributed by atoms with E-state index >= 15 is 0 Å². The highest BCUT2D eigenvalue weighted by Gasteiger charge is 2.12. The molecule has 0 aliphatic carbocycles. The first-order valence-electron chi connectivity index (χ1n) is 7.85. The molecule has 0 fully saturated rings. The van der Waals surface area contributed by atoms with Crippen LogP contribution in [0, 0.1) is 0 Å². The van der Waals surface area contributed by atoms with E-state index in [1.54, 1.807) is 24.3 Å². The maximum Gasteiger partial charge on any atom is 0.420 e. The van der Waals surface area contributed by atoms with Gasteiger partial charge in [0, 0.05) is 23.7 Å². The first-order valence-corrected chi connectivity index (χ1v) is 8.23. The van der Waals surface area contributed by atoms with E-state index < -0.39 is 5.76 Å². The number of halogens is 1. The van der Waals surface area contributed by atoms with Crippen LogP contribution in [0.1, 0.15) is 15.9 Å². The molecule has 0 atom stereocenters. The predicted octanol–water partition coefficient (Wildman–Crippen LogP) is 3.41. The third-order valence-corrected chi connectivity index (χ3v) is 4.11. The van der Waals surface area contributed by atoms with E-state index in [4.69, 9.17) is 16.0 Å². The number of carbonyl (C=O) groups is 1. The molecule has 5 nitrogen and oxygen atoms in total. The van der Waals surface area contributed by atoms with Crippen LogP contribution in [0.4, 0.5) is 0 Å². The van der Waals surface area contributed by atoms with Crippen LogP contribution in [0.2, 0.25) is 5.02 Å². The average Bonchev–Trinajstić information content (AvgIpc) is 2.92. The van der Waals surface area contributed by atoms with Gasteiger partial charge in [0.25, 0.3) is 5.91 Å². The van der Waals surface area contributed by atoms with E-state index in [9.17, 15) is 9.59 Å². The Bertz CT molecular complexity index is 970. The monoisotopic (exact) mass is 356 g/mol. The van der Waals surface area contributed by atoms with Gasteiger partial charge in [-0.1, -0.05) is 29.8 Å². The molecule has 0 spiro atoms. The van der Waals surface area contributed by atoms with Gasteiger partial charge in [0.2, 0.25) is 0 Å². The maximum absolute atomic E-state index is 12.3. The molecule has 0 aliphatic rings. The minimum Gasteiger partial charge on any atom is -0.408 e. The molecule has 6 heteroatoms. The number of hydrogen-bond donors (Lipinski definition) is 1. The lowest BCUT2D eigenvalue weighted by Crippen LogP contribution is -2.25. The molecule has 128 valence electrons. The van der Waals surface area contributed by atoms with Crippen LogP contribution >= 0.6 is 11.6 Å². The van der Waals surface area contributed by atoms with Gasteiger partial charge in [-0.25, -0.2) is 4.79 Å². The molecule has 3 rings (SSSR count). The second-order valence-corrected chi connectivity index (χ2v) is 6.02. The highest BCUT2D eigenvalue weighted by Crippen LogP contribution is 2.15. The van der Waals surface area contributed by atoms with Crippen molar-refractivity contribution in [1.29, 1.82) is 0 Å². The summed E-state index contributed by atoms with van der Waals surface area (Å²) in [5, 5.41) is 3.56. The number of benzene rings is 2. The quantitative estimate of drug-likeness (QED) is 0.688. The van der Waals surface area contributed by atoms with Gasteiger partial charge in [-0.2, -0.15) is 0 Å². The Hall–Kier alpha value is -2.79. The number of oxazole rings is 1. The first-order chi connectivity index (χ1) is 12.1. The van der Waals surface area contributed by atoms with E-state index in [2.05, 4.69) is 11.9 Å². The lowest BCUT2D eigenvalue weighted by atomic mass is 10.1. The summed E-state index contributed by atoms with van der Waals surface area (Å²) < 4.78 is 6.59. The molecule has 1 heterocycles. The van der Waals surface area contributed by atoms with Crippen LogP contribution in [0.3, 0.4) is 0 Å². The Labute approximate surface area is 149 Å². The molecule has 0 bridgehead atoms. The lowest BCUT2D eigenvalue weighted by Gasteiger charge is -2.06. The van der Waals surface area contributed by atoms with Crippen LogP contribution in [-0.2, 0) is 13.0 Å². The molecule has 0 unspecified atom stereocenters. The van der Waals surface area contributed by atoms with Gasteiger partial charge in [0.15, 0.2) is 5.58 Å². The third-order valence-electron chi connectivity index (χ3n) is 3.85. The zero-order valence-corrected chi connectivity index (χ0v) is 14.3. The van der Waals surface area contributed by atoms with E-state index in [1.807, 2.05) is 24.3 Å². The van der Waals surface area contributed by atoms with Crippen LogP contribution < -0.4 is 11.1 Å². The van der Waals surface area contributed by atoms with Crippen molar-refractivity contribution < 1.29 is 9.21 Å². The van der Waals surface area contributed by atoms with Crippen LogP contribution in [0.5, 0.6) is 0 Å². The molecule has 0 saturated carbocycles. The van der Waals surface area contributed by atoms with Crippen molar-refractivity contribution >= 4 is 28.6 Å². The Kier molecular flexibility index (Phi) is 5.05. The normalized spacial score (nSPS) is 10.8. The highest BCUT2D eigenvalue weighted by atomic mass is 35.5. The van der Waals surface area contributed by atoms with Crippen LogP contribution in [-0.4, -0.2) is 17.0 Å². The molecule has 0 saturated heterocycles. The van der Waals surface area contributed by atoms with Crippen LogP contribution in [0.15, 0.2) is 64.3 Å². The van der Waals surface area contributed by atoms with E-state index in [0.29, 0.717) is 41.2 Å². The first kappa shape index (κ1) is 17.0. The Morgan fingerprint density at radius 2 is 2.00 bits per heavy atom. The van der Waals surface area contributed by atoms with Crippen molar-refractivity contribution in [3.05, 3.63) is 81.8 Å². The van der Waals surface area contributed by atoms with E-state index in [0.717, 1.165) is 5.56 Å². The van der Waals surface area contributed by atoms with Crippen molar-refractivity contribution in [3.8, 4) is 0 Å². The fourth-order valence-electron chi connectivity index (χ4n) is 2.58. The van der Waals surface area contributed by atoms with Crippen molar-refractivity contribution in [2.75, 3.05) is 6.54 Å². The summed E-state index contributed by atoms with van der Waals surface area (Å²) in [5.41, 5.74) is 2.59. The third kappa shape index (κ3) is 3.83. The van der Waals surface area contributed by atoms with Crippen LogP contribution in [0.25, 0.3) is 11.1 Å². The predicted molar refractivity (Wildman–Crippen MR) is 98.2 cm³/mol. The van der Waals surface area contributed by atoms with E-state index in [-0.39, 0.29) is 5.91 Å². The van der Waals surface area contributed by atoms with Crippen molar-refractivity contribution in [2.45, 2.75) is 13.0 Å². The molecule has 1 N–H and O–H groups in total. The molecule has 25 heavy (non-hydrogen) atoms. The van der Waals surface area contributed by atoms with Crippen molar-refractivity contribution in [2.24, 2.45) is 0 Å². The second kappa shape index (κ2) is 7.40. The zero-order valence-electron chi connectivity index (χ0n) is 13.5. The summed E-state index contributed by atoms with van der Waals surface area (Å²) in [6, 6.07) is 12.4. The minimum atomic E-state index is -0.463. The SMILES string of the molecule is C=CCn1c(=O)oc2ccc(C(=O)NCCc3ccc(Cl)cc3)cc21. The number of allylic oxidation sites excluding steroid dienone is 1. The van der Waals surface area contributed by atoms with Gasteiger partial charge in [0.05, 0.1) is 5.52 Å². The topological polar surface area (TPSA) is 64.2 Å². The number of rotatable bonds is 6. The van der Waals surface area contributed by atoms with Crippen molar-refractivity contribution in [1.82, 2.24) is 9.88 Å². The molecular formula is C19H17ClN2O3. The van der Waals surface area contributed by atoms with Gasteiger partial charge in [-0.3, -0.25) is 9.36 Å². The summed E-state index contributed by atoms with van der Waals surface area (Å²) >= 11 is 5.85. The number of fused-ring (bicyclic) bond motifs is 1. The Morgan fingerprint density at radius 1 is 1.24 bits per heavy atom. The second-order valence-electron chi connectivity index (χ2n) is 5.58. The summed E-state index contributed by atoms with van der Waals surface area (Å²) in [7, 11) is 0. The average molecular weight is 357 g/mol. The highest BCUT2D eigenvalue weighted by molar-refractivity contribution is 6.30. The van der Waals surface area contributed by atoms with Gasteiger partial charge in [-0.15, -0.1) is 6.58 Å². The number of carbonyl (C=O) groups excluding carboxylic acids is 1. The number of hydrogen-bond acceptors (Lipinski definition) is 3. The summed E-state index contributed by atoms with van der Waals surface area (Å²) in [6.45, 7) is 4.46. The summed E-state index contributed by atoms with van der Waals surface area (Å²) in [5.74, 6) is -0.662.